The van der Waals surface area contributed by atoms with Crippen LogP contribution in [-0.4, -0.2) is 287 Å². The van der Waals surface area contributed by atoms with Gasteiger partial charge >= 0.3 is 23.9 Å². The molecule has 0 amide bonds. The number of carbonyl (C=O) groups excluding carboxylic acids is 4. The van der Waals surface area contributed by atoms with Crippen LogP contribution in [0.3, 0.4) is 0 Å². The van der Waals surface area contributed by atoms with Crippen LogP contribution in [0.1, 0.15) is 218 Å². The molecule has 0 radical (unpaired) electrons. The third kappa shape index (κ3) is 21.4. The predicted octanol–water partition coefficient (Wildman–Crippen LogP) is 8.78. The fourth-order valence-electron chi connectivity index (χ4n) is 18.2. The van der Waals surface area contributed by atoms with Gasteiger partial charge < -0.3 is 106 Å². The standard InChI is InChI=1S/2C40H69NO12.C4H4O4/c2*1-16-28-40(12,47-15)33(43)23(6)31-21(4)18-39(11,53-31)35(52-37-30(42)27(17-22(5)48-37)41(13)20(2)3)24(7)32(25(8)36(45)50-28)51-29-19-38(10,46-14)34(44)26(9)49-29;5-3(6)1-2-4(7)8/h2*20,22-30,32,34-35,37,42,44H,16-19H2,1-15H3;1-2H,(H,5,6)(H,7,8)/b;;2-1+/t2*22-,23+,24+,25-,26+,27+,28-,29+,30-,32+,34+,35-,37+,38-,39-,40-;/m11./s1. The minimum Gasteiger partial charge on any atom is -0.488 e. The average molecular weight is 1630 g/mol. The van der Waals surface area contributed by atoms with Gasteiger partial charge in [-0.25, -0.2) is 9.59 Å². The van der Waals surface area contributed by atoms with Crippen molar-refractivity contribution in [3.05, 3.63) is 34.8 Å². The first-order valence-electron chi connectivity index (χ1n) is 40.8. The van der Waals surface area contributed by atoms with E-state index in [1.807, 2.05) is 83.3 Å². The lowest BCUT2D eigenvalue weighted by Gasteiger charge is -2.49. The number of allylic oxidation sites excluding steroid dienone is 2. The van der Waals surface area contributed by atoms with E-state index in [2.05, 4.69) is 37.5 Å². The van der Waals surface area contributed by atoms with E-state index in [1.165, 1.54) is 28.4 Å². The van der Waals surface area contributed by atoms with Crippen molar-refractivity contribution < 1.29 is 135 Å². The van der Waals surface area contributed by atoms with Crippen LogP contribution >= 0.6 is 0 Å². The number of aliphatic hydroxyl groups excluding tert-OH is 4. The lowest BCUT2D eigenvalue weighted by Crippen LogP contribution is -2.61. The number of cyclic esters (lactones) is 2. The molecule has 8 heterocycles. The number of likely N-dealkylation sites (N-methyl/N-ethyl adjacent to an activating group) is 2. The molecule has 32 atom stereocenters. The van der Waals surface area contributed by atoms with Crippen molar-refractivity contribution in [2.75, 3.05) is 42.5 Å². The van der Waals surface area contributed by atoms with E-state index in [-0.39, 0.29) is 60.8 Å². The molecule has 6 saturated heterocycles. The van der Waals surface area contributed by atoms with Crippen LogP contribution in [0, 0.1) is 35.5 Å². The first-order valence-corrected chi connectivity index (χ1v) is 40.8. The van der Waals surface area contributed by atoms with E-state index in [0.717, 1.165) is 11.1 Å². The molecule has 656 valence electrons. The number of aliphatic carboxylic acids is 2. The molecule has 6 fully saturated rings. The molecule has 8 aliphatic rings. The highest BCUT2D eigenvalue weighted by Crippen LogP contribution is 2.50. The minimum atomic E-state index is -1.48. The van der Waals surface area contributed by atoms with Crippen molar-refractivity contribution in [3.8, 4) is 0 Å². The van der Waals surface area contributed by atoms with E-state index >= 15 is 0 Å². The van der Waals surface area contributed by atoms with Crippen molar-refractivity contribution in [2.24, 2.45) is 35.5 Å². The van der Waals surface area contributed by atoms with Gasteiger partial charge in [0.1, 0.15) is 71.6 Å². The zero-order valence-corrected chi connectivity index (χ0v) is 73.5. The normalized spacial score (nSPS) is 43.6. The number of esters is 2. The maximum atomic E-state index is 14.4. The summed E-state index contributed by atoms with van der Waals surface area (Å²) in [5.41, 5.74) is -5.32. The molecule has 8 aliphatic heterocycles. The van der Waals surface area contributed by atoms with Crippen molar-refractivity contribution in [1.29, 1.82) is 0 Å². The maximum absolute atomic E-state index is 14.4. The van der Waals surface area contributed by atoms with Gasteiger partial charge in [-0.3, -0.25) is 29.0 Å². The molecule has 0 aromatic carbocycles. The van der Waals surface area contributed by atoms with E-state index < -0.39 is 191 Å². The predicted molar refractivity (Wildman–Crippen MR) is 418 cm³/mol. The number of hydrogen-bond donors (Lipinski definition) is 6. The fourth-order valence-corrected chi connectivity index (χ4v) is 18.2. The first kappa shape index (κ1) is 98.1. The van der Waals surface area contributed by atoms with Gasteiger partial charge in [-0.1, -0.05) is 27.7 Å². The summed E-state index contributed by atoms with van der Waals surface area (Å²) in [6, 6.07) is -0.156. The molecule has 4 bridgehead atoms. The average Bonchev–Trinajstić information content (AvgIpc) is 1.58. The Morgan fingerprint density at radius 3 is 1.10 bits per heavy atom. The topological polar surface area (TPSA) is 378 Å². The number of rotatable bonds is 20. The van der Waals surface area contributed by atoms with Gasteiger partial charge in [0.2, 0.25) is 0 Å². The number of fused-ring (bicyclic) bond motifs is 4. The quantitative estimate of drug-likeness (QED) is 0.0489. The molecule has 6 N–H and O–H groups in total. The van der Waals surface area contributed by atoms with Gasteiger partial charge in [-0.15, -0.1) is 0 Å². The molecule has 0 aliphatic carbocycles. The summed E-state index contributed by atoms with van der Waals surface area (Å²) in [5.74, 6) is -7.69. The van der Waals surface area contributed by atoms with E-state index in [1.54, 1.807) is 69.2 Å². The molecule has 0 aromatic rings. The number of nitrogens with zero attached hydrogens (tertiary/aromatic N) is 2. The van der Waals surface area contributed by atoms with E-state index in [4.69, 9.17) is 86.0 Å². The Balaban J connectivity index is 0.000000323. The third-order valence-corrected chi connectivity index (χ3v) is 26.0. The van der Waals surface area contributed by atoms with Gasteiger partial charge in [-0.05, 0) is 189 Å². The number of methoxy groups -OCH3 is 4. The van der Waals surface area contributed by atoms with Crippen LogP contribution in [0.2, 0.25) is 0 Å². The Labute approximate surface area is 676 Å². The smallest absolute Gasteiger partial charge is 0.328 e. The molecule has 0 unspecified atom stereocenters. The molecular weight excluding hydrogens is 1480 g/mol. The Morgan fingerprint density at radius 2 is 0.825 bits per heavy atom. The summed E-state index contributed by atoms with van der Waals surface area (Å²) in [6.07, 6.45) is -10.6. The van der Waals surface area contributed by atoms with Gasteiger partial charge in [-0.2, -0.15) is 0 Å². The first-order chi connectivity index (χ1) is 52.8. The summed E-state index contributed by atoms with van der Waals surface area (Å²) in [6.45, 7) is 45.0. The van der Waals surface area contributed by atoms with Crippen LogP contribution in [0.15, 0.2) is 34.8 Å². The third-order valence-electron chi connectivity index (χ3n) is 26.0. The molecular formula is C84H142N2O28. The monoisotopic (exact) mass is 1630 g/mol. The van der Waals surface area contributed by atoms with Crippen LogP contribution in [0.4, 0.5) is 0 Å². The molecule has 0 aromatic heterocycles. The summed E-state index contributed by atoms with van der Waals surface area (Å²) in [4.78, 5) is 80.7. The lowest BCUT2D eigenvalue weighted by atomic mass is 9.79. The van der Waals surface area contributed by atoms with E-state index in [9.17, 15) is 49.2 Å². The summed E-state index contributed by atoms with van der Waals surface area (Å²) < 4.78 is 102. The second kappa shape index (κ2) is 39.7. The highest BCUT2D eigenvalue weighted by molar-refractivity contribution is 5.93. The fraction of sp³-hybridized carbons (Fsp3) is 0.857. The van der Waals surface area contributed by atoms with Crippen LogP contribution < -0.4 is 0 Å². The number of aliphatic hydroxyl groups is 4. The highest BCUT2D eigenvalue weighted by Gasteiger charge is 2.60. The molecule has 8 rings (SSSR count). The van der Waals surface area contributed by atoms with Crippen LogP contribution in [0.25, 0.3) is 0 Å². The van der Waals surface area contributed by atoms with E-state index in [0.29, 0.717) is 62.2 Å². The second-order valence-electron chi connectivity index (χ2n) is 35.2. The van der Waals surface area contributed by atoms with Gasteiger partial charge in [0.25, 0.3) is 0 Å². The van der Waals surface area contributed by atoms with Gasteiger partial charge in [0, 0.05) is 102 Å². The van der Waals surface area contributed by atoms with Crippen LogP contribution in [0.5, 0.6) is 0 Å². The molecule has 30 heteroatoms. The maximum Gasteiger partial charge on any atom is 0.328 e. The number of Topliss-reactive ketones (excluding diaryl/α,β-unsaturated/α-hetero) is 2. The van der Waals surface area contributed by atoms with Crippen LogP contribution in [-0.2, 0) is 105 Å². The second-order valence-corrected chi connectivity index (χ2v) is 35.2. The van der Waals surface area contributed by atoms with Gasteiger partial charge in [0.05, 0.1) is 71.5 Å². The number of carboxylic acid groups (broad SMARTS) is 2. The minimum absolute atomic E-state index is 0.164. The van der Waals surface area contributed by atoms with Crippen molar-refractivity contribution in [3.63, 3.8) is 0 Å². The largest absolute Gasteiger partial charge is 0.488 e. The number of ether oxygens (including phenoxy) is 16. The molecule has 114 heavy (non-hydrogen) atoms. The molecule has 30 nitrogen and oxygen atoms in total. The lowest BCUT2D eigenvalue weighted by molar-refractivity contribution is -0.317. The SMILES string of the molecule is CC[C@H]1OC(=O)[C@H](C)[C@@H](O[C@H]2C[C@@](C)(OC)[C@@H](O)[C@H](C)O2)[C@H](C)[C@@H](O[C@@H]2O[C@H](C)C[C@H](N(C)C(C)C)[C@H]2O)[C@@]2(C)CC(C)=C(O2)[C@H](C)C(=O)[C@]1(C)OC.CC[C@H]1OC(=O)[C@H](C)[C@@H](O[C@H]2C[C@@](C)(OC)[C@@H](O)[C@H](C)O2)[C@H](C)[C@@H](O[C@@H]2O[C@H](C)C[C@H](N(C)C(C)C)[C@H]2O)[C@@]2(C)CC(C)=C(O2)[C@H](C)C(=O)[C@]1(C)OC.O=C(O)/C=C/C(=O)O. The molecule has 0 spiro atoms. The Kier molecular flexibility index (Phi) is 34.2. The summed E-state index contributed by atoms with van der Waals surface area (Å²) >= 11 is 0. The van der Waals surface area contributed by atoms with Crippen molar-refractivity contribution >= 4 is 35.4 Å². The molecule has 0 saturated carbocycles. The Morgan fingerprint density at radius 1 is 0.509 bits per heavy atom. The number of carbonyl (C=O) groups is 6. The summed E-state index contributed by atoms with van der Waals surface area (Å²) in [5, 5.41) is 61.3. The highest BCUT2D eigenvalue weighted by atomic mass is 16.7. The zero-order chi connectivity index (χ0) is 86.5. The Bertz CT molecular complexity index is 3140. The summed E-state index contributed by atoms with van der Waals surface area (Å²) in [7, 11) is 9.94. The van der Waals surface area contributed by atoms with Crippen molar-refractivity contribution in [2.45, 2.75) is 386 Å². The number of ketones is 2. The zero-order valence-electron chi connectivity index (χ0n) is 73.5. The number of hydrogen-bond acceptors (Lipinski definition) is 28. The van der Waals surface area contributed by atoms with Crippen molar-refractivity contribution in [1.82, 2.24) is 9.80 Å². The number of carboxylic acids is 2. The van der Waals surface area contributed by atoms with Gasteiger partial charge in [0.15, 0.2) is 47.9 Å². The Hall–Kier alpha value is -4.68.